The largest absolute Gasteiger partial charge is 0.258 e. The fourth-order valence-corrected chi connectivity index (χ4v) is 1.66. The van der Waals surface area contributed by atoms with Crippen molar-refractivity contribution in [2.45, 2.75) is 0 Å². The Bertz CT molecular complexity index is 213. The molecule has 60 valence electrons. The van der Waals surface area contributed by atoms with Crippen LogP contribution in [0.1, 0.15) is 0 Å². The highest BCUT2D eigenvalue weighted by atomic mass is 31.2. The van der Waals surface area contributed by atoms with E-state index in [4.69, 9.17) is 0 Å². The van der Waals surface area contributed by atoms with Crippen molar-refractivity contribution in [3.8, 4) is 0 Å². The molecule has 0 amide bonds. The van der Waals surface area contributed by atoms with E-state index in [2.05, 4.69) is 0 Å². The van der Waals surface area contributed by atoms with Crippen LogP contribution in [0.5, 0.6) is 0 Å². The van der Waals surface area contributed by atoms with E-state index in [1.807, 2.05) is 30.3 Å². The summed E-state index contributed by atoms with van der Waals surface area (Å²) in [5, 5.41) is 0.771. The molecular weight excluding hydrogens is 160 g/mol. The predicted molar refractivity (Wildman–Crippen MR) is 47.8 cm³/mol. The Morgan fingerprint density at radius 3 is 2.18 bits per heavy atom. The van der Waals surface area contributed by atoms with Gasteiger partial charge in [0.05, 0.1) is 0 Å². The highest BCUT2D eigenvalue weighted by Gasteiger charge is 2.10. The fraction of sp³-hybridized carbons (Fsp3) is 0.250. The first-order chi connectivity index (χ1) is 5.22. The minimum Gasteiger partial charge on any atom is -0.258 e. The molecule has 0 aromatic heterocycles. The van der Waals surface area contributed by atoms with Crippen molar-refractivity contribution in [2.75, 3.05) is 14.1 Å². The summed E-state index contributed by atoms with van der Waals surface area (Å²) in [7, 11) is 1.90. The zero-order valence-corrected chi connectivity index (χ0v) is 7.55. The average Bonchev–Trinajstić information content (AvgIpc) is 2.05. The Morgan fingerprint density at radius 1 is 1.18 bits per heavy atom. The van der Waals surface area contributed by atoms with E-state index >= 15 is 0 Å². The third kappa shape index (κ3) is 2.25. The summed E-state index contributed by atoms with van der Waals surface area (Å²) in [5.74, 6) is 0. The second-order valence-corrected chi connectivity index (χ2v) is 4.28. The first-order valence-electron chi connectivity index (χ1n) is 3.40. The van der Waals surface area contributed by atoms with Crippen molar-refractivity contribution in [1.29, 1.82) is 0 Å². The van der Waals surface area contributed by atoms with E-state index in [-0.39, 0.29) is 0 Å². The van der Waals surface area contributed by atoms with Gasteiger partial charge in [-0.05, 0) is 14.1 Å². The normalized spacial score (nSPS) is 13.5. The average molecular weight is 171 g/mol. The zero-order valence-electron chi connectivity index (χ0n) is 6.66. The predicted octanol–water partition coefficient (Wildman–Crippen LogP) is 2.15. The molecule has 1 unspecified atom stereocenters. The summed E-state index contributed by atoms with van der Waals surface area (Å²) in [5.41, 5.74) is 0. The summed E-state index contributed by atoms with van der Waals surface area (Å²) in [6.07, 6.45) is 0. The van der Waals surface area contributed by atoms with Crippen LogP contribution in [0.4, 0.5) is 4.20 Å². The molecule has 0 aliphatic carbocycles. The van der Waals surface area contributed by atoms with E-state index in [1.165, 1.54) is 0 Å². The van der Waals surface area contributed by atoms with Gasteiger partial charge in [0.1, 0.15) is 0 Å². The van der Waals surface area contributed by atoms with Gasteiger partial charge in [-0.15, -0.1) is 0 Å². The third-order valence-electron chi connectivity index (χ3n) is 1.32. The van der Waals surface area contributed by atoms with Crippen molar-refractivity contribution < 1.29 is 4.20 Å². The molecule has 0 N–H and O–H groups in total. The van der Waals surface area contributed by atoms with Gasteiger partial charge in [0.2, 0.25) is 0 Å². The van der Waals surface area contributed by atoms with Crippen LogP contribution in [0.25, 0.3) is 0 Å². The van der Waals surface area contributed by atoms with Crippen molar-refractivity contribution >= 4 is 13.7 Å². The first kappa shape index (κ1) is 8.63. The van der Waals surface area contributed by atoms with Crippen molar-refractivity contribution in [1.82, 2.24) is 4.67 Å². The maximum absolute atomic E-state index is 13.2. The highest BCUT2D eigenvalue weighted by molar-refractivity contribution is 7.58. The van der Waals surface area contributed by atoms with Crippen molar-refractivity contribution in [2.24, 2.45) is 0 Å². The third-order valence-corrected chi connectivity index (χ3v) is 2.75. The lowest BCUT2D eigenvalue weighted by Gasteiger charge is -2.14. The Kier molecular flexibility index (Phi) is 2.98. The highest BCUT2D eigenvalue weighted by Crippen LogP contribution is 2.37. The van der Waals surface area contributed by atoms with Crippen LogP contribution in [0.15, 0.2) is 30.3 Å². The smallest absolute Gasteiger partial charge is 0.188 e. The molecule has 1 aromatic rings. The van der Waals surface area contributed by atoms with Crippen LogP contribution in [-0.4, -0.2) is 18.8 Å². The minimum absolute atomic E-state index is 0.771. The molecule has 0 radical (unpaired) electrons. The Balaban J connectivity index is 2.77. The molecule has 1 nitrogen and oxygen atoms in total. The number of hydrogen-bond donors (Lipinski definition) is 0. The fourth-order valence-electron chi connectivity index (χ4n) is 0.782. The molecule has 0 aliphatic rings. The Labute approximate surface area is 67.8 Å². The van der Waals surface area contributed by atoms with Gasteiger partial charge in [-0.25, -0.2) is 4.20 Å². The molecule has 1 aromatic carbocycles. The van der Waals surface area contributed by atoms with Crippen LogP contribution < -0.4 is 5.30 Å². The molecule has 0 aliphatic heterocycles. The van der Waals surface area contributed by atoms with E-state index in [9.17, 15) is 4.20 Å². The lowest BCUT2D eigenvalue weighted by molar-refractivity contribution is 0.634. The summed E-state index contributed by atoms with van der Waals surface area (Å²) >= 11 is 0. The van der Waals surface area contributed by atoms with E-state index in [0.717, 1.165) is 5.30 Å². The van der Waals surface area contributed by atoms with E-state index in [0.29, 0.717) is 0 Å². The molecule has 11 heavy (non-hydrogen) atoms. The second kappa shape index (κ2) is 3.80. The summed E-state index contributed by atoms with van der Waals surface area (Å²) in [6.45, 7) is 0. The monoisotopic (exact) mass is 171 g/mol. The van der Waals surface area contributed by atoms with Gasteiger partial charge < -0.3 is 0 Å². The number of nitrogens with zero attached hydrogens (tertiary/aromatic N) is 1. The molecule has 0 fully saturated rings. The molecule has 0 heterocycles. The topological polar surface area (TPSA) is 3.24 Å². The minimum atomic E-state index is -1.60. The van der Waals surface area contributed by atoms with Gasteiger partial charge in [-0.3, -0.25) is 4.67 Å². The van der Waals surface area contributed by atoms with Gasteiger partial charge in [0.25, 0.3) is 0 Å². The first-order valence-corrected chi connectivity index (χ1v) is 4.58. The van der Waals surface area contributed by atoms with Gasteiger partial charge >= 0.3 is 0 Å². The van der Waals surface area contributed by atoms with Gasteiger partial charge in [-0.2, -0.15) is 0 Å². The Morgan fingerprint density at radius 2 is 1.73 bits per heavy atom. The van der Waals surface area contributed by atoms with E-state index in [1.54, 1.807) is 18.8 Å². The van der Waals surface area contributed by atoms with Crippen molar-refractivity contribution in [3.05, 3.63) is 30.3 Å². The summed E-state index contributed by atoms with van der Waals surface area (Å²) in [6, 6.07) is 9.22. The van der Waals surface area contributed by atoms with E-state index < -0.39 is 8.38 Å². The zero-order chi connectivity index (χ0) is 8.27. The number of hydrogen-bond acceptors (Lipinski definition) is 1. The number of benzene rings is 1. The SMILES string of the molecule is CN(C)P(F)c1ccccc1. The van der Waals surface area contributed by atoms with Gasteiger partial charge in [0.15, 0.2) is 8.38 Å². The molecular formula is C8H11FNP. The van der Waals surface area contributed by atoms with Crippen LogP contribution in [0.3, 0.4) is 0 Å². The van der Waals surface area contributed by atoms with Crippen LogP contribution in [0.2, 0.25) is 0 Å². The number of halogens is 1. The lowest BCUT2D eigenvalue weighted by Crippen LogP contribution is -2.10. The molecule has 1 atom stereocenters. The molecule has 0 spiro atoms. The van der Waals surface area contributed by atoms with Crippen LogP contribution in [-0.2, 0) is 0 Å². The summed E-state index contributed by atoms with van der Waals surface area (Å²) in [4.78, 5) is 0. The molecule has 0 bridgehead atoms. The van der Waals surface area contributed by atoms with Crippen LogP contribution in [0, 0.1) is 0 Å². The number of rotatable bonds is 2. The van der Waals surface area contributed by atoms with Gasteiger partial charge in [0, 0.05) is 5.30 Å². The molecule has 1 rings (SSSR count). The maximum Gasteiger partial charge on any atom is 0.188 e. The maximum atomic E-state index is 13.2. The lowest BCUT2D eigenvalue weighted by atomic mass is 10.4. The quantitative estimate of drug-likeness (QED) is 0.616. The molecule has 3 heteroatoms. The second-order valence-electron chi connectivity index (χ2n) is 2.44. The standard InChI is InChI=1S/C8H11FNP/c1-10(2)11(9)8-6-4-3-5-7-8/h3-7H,1-2H3. The molecule has 0 saturated carbocycles. The summed E-state index contributed by atoms with van der Waals surface area (Å²) < 4.78 is 14.9. The Hall–Kier alpha value is -0.460. The van der Waals surface area contributed by atoms with Crippen molar-refractivity contribution in [3.63, 3.8) is 0 Å². The molecule has 0 saturated heterocycles. The van der Waals surface area contributed by atoms with Crippen LogP contribution >= 0.6 is 8.38 Å². The van der Waals surface area contributed by atoms with Gasteiger partial charge in [-0.1, -0.05) is 30.3 Å².